The van der Waals surface area contributed by atoms with E-state index < -0.39 is 0 Å². The number of nitrogens with zero attached hydrogens (tertiary/aromatic N) is 2. The first kappa shape index (κ1) is 86.5. The van der Waals surface area contributed by atoms with E-state index >= 15 is 9.59 Å². The molecule has 0 bridgehead atoms. The molecule has 6 heterocycles. The van der Waals surface area contributed by atoms with Gasteiger partial charge in [0.05, 0.1) is 0 Å². The van der Waals surface area contributed by atoms with E-state index in [2.05, 4.69) is 113 Å². The third-order valence-corrected chi connectivity index (χ3v) is 29.8. The predicted octanol–water partition coefficient (Wildman–Crippen LogP) is 30.2. The monoisotopic (exact) mass is 1540 g/mol. The van der Waals surface area contributed by atoms with Crippen LogP contribution in [0.5, 0.6) is 0 Å². The molecule has 6 aromatic heterocycles. The van der Waals surface area contributed by atoms with Crippen molar-refractivity contribution in [2.45, 2.75) is 428 Å². The van der Waals surface area contributed by atoms with E-state index in [0.29, 0.717) is 13.1 Å². The smallest absolute Gasteiger partial charge is 0.0654 e. The molecule has 564 valence electrons. The average molecular weight is 1540 g/mol. The second kappa shape index (κ2) is 54.2. The van der Waals surface area contributed by atoms with Crippen molar-refractivity contribution in [2.24, 2.45) is 11.8 Å². The molecule has 2 unspecified atom stereocenters. The van der Waals surface area contributed by atoms with Gasteiger partial charge in [-0.1, -0.05) is 214 Å². The standard InChI is InChI=1S/C92H150N2O2S2Se2/c1-9-15-21-27-31-35-37-41-45-49-59-77(57-47-43-39-33-29-23-17-11-3)61-53-55-69-93-84-74-82(88-67-68-89(100-88)90-80(64-52-26-20-14-6)72-86(98-90)85-71-79(76(8)97-85)63-51-25-19-13-5)92(96)94(83(84)73-81(91(93)95)87-66-65-75(7)99-87)70-56-54-62-78(58-48-44-40-34-30-24-18-12-4)60-50-46-42-38-36-32-28-22-16-10-2/h65-68,71-74,77-78H,9-64,69-70H2,1-8H3. The van der Waals surface area contributed by atoms with Gasteiger partial charge in [-0.3, -0.25) is 0 Å². The van der Waals surface area contributed by atoms with E-state index in [-0.39, 0.29) is 40.1 Å². The third kappa shape index (κ3) is 32.7. The summed E-state index contributed by atoms with van der Waals surface area (Å²) in [5, 5.41) is 0. The van der Waals surface area contributed by atoms with Crippen molar-refractivity contribution >= 4 is 62.7 Å². The number of hydrogen-bond acceptors (Lipinski definition) is 4. The molecule has 100 heavy (non-hydrogen) atoms. The number of rotatable bonds is 64. The number of hydrogen-bond donors (Lipinski definition) is 0. The minimum atomic E-state index is -0.0537. The number of unbranched alkanes of at least 4 members (excludes halogenated alkanes) is 40. The van der Waals surface area contributed by atoms with Crippen LogP contribution >= 0.6 is 22.7 Å². The molecule has 0 aliphatic carbocycles. The molecule has 0 radical (unpaired) electrons. The molecule has 0 fully saturated rings. The molecule has 0 amide bonds. The Hall–Kier alpha value is -2.44. The SMILES string of the molecule is CCCCCCCCCCCCC(CCCCCCCCCC)CCCCn1c(=O)c(-c2ccc(C)[se]2)cc2c1cc(-c1ccc(-c3sc(-c4cc(CCCCCC)c(C)s4)cc3CCCCCC)[se]1)c(=O)n2CCCCC(CCCCCCCCCC)CCCCCCCCCCCC. The number of fused-ring (bicyclic) bond motifs is 1. The van der Waals surface area contributed by atoms with Crippen molar-refractivity contribution in [3.8, 4) is 39.1 Å². The van der Waals surface area contributed by atoms with Crippen molar-refractivity contribution in [1.29, 1.82) is 0 Å². The first-order valence-corrected chi connectivity index (χ1v) is 48.4. The zero-order chi connectivity index (χ0) is 71.0. The van der Waals surface area contributed by atoms with E-state index in [1.54, 1.807) is 0 Å². The second-order valence-corrected chi connectivity index (χ2v) is 38.6. The summed E-state index contributed by atoms with van der Waals surface area (Å²) in [6.45, 7) is 19.9. The molecular weight excluding hydrogens is 1390 g/mol. The molecule has 6 rings (SSSR count). The van der Waals surface area contributed by atoms with Gasteiger partial charge in [-0.15, -0.1) is 0 Å². The molecule has 2 atom stereocenters. The van der Waals surface area contributed by atoms with Crippen LogP contribution in [-0.2, 0) is 25.9 Å². The summed E-state index contributed by atoms with van der Waals surface area (Å²) in [4.78, 5) is 37.3. The van der Waals surface area contributed by atoms with Crippen molar-refractivity contribution in [3.05, 3.63) is 89.7 Å². The summed E-state index contributed by atoms with van der Waals surface area (Å²) in [6.07, 6.45) is 74.6. The van der Waals surface area contributed by atoms with Crippen LogP contribution in [0, 0.1) is 25.7 Å². The number of pyridine rings is 2. The van der Waals surface area contributed by atoms with Crippen LogP contribution in [0.3, 0.4) is 0 Å². The van der Waals surface area contributed by atoms with Gasteiger partial charge < -0.3 is 0 Å². The van der Waals surface area contributed by atoms with Gasteiger partial charge in [0.2, 0.25) is 0 Å². The van der Waals surface area contributed by atoms with Crippen LogP contribution in [0.2, 0.25) is 0 Å². The molecule has 0 saturated carbocycles. The van der Waals surface area contributed by atoms with E-state index in [0.717, 1.165) is 66.1 Å². The van der Waals surface area contributed by atoms with Gasteiger partial charge >= 0.3 is 426 Å². The molecular formula is C92H150N2O2S2Se2. The third-order valence-electron chi connectivity index (χ3n) is 22.5. The Bertz CT molecular complexity index is 3150. The molecule has 0 aliphatic heterocycles. The number of aromatic nitrogens is 2. The van der Waals surface area contributed by atoms with Crippen molar-refractivity contribution in [1.82, 2.24) is 9.13 Å². The first-order chi connectivity index (χ1) is 49.1. The first-order valence-electron chi connectivity index (χ1n) is 43.3. The van der Waals surface area contributed by atoms with Crippen LogP contribution in [-0.4, -0.2) is 38.1 Å². The van der Waals surface area contributed by atoms with Gasteiger partial charge in [-0.25, -0.2) is 0 Å². The summed E-state index contributed by atoms with van der Waals surface area (Å²) in [5.41, 5.74) is 6.95. The summed E-state index contributed by atoms with van der Waals surface area (Å²) in [7, 11) is 0. The van der Waals surface area contributed by atoms with Gasteiger partial charge in [0.1, 0.15) is 0 Å². The summed E-state index contributed by atoms with van der Waals surface area (Å²) < 4.78 is 9.51. The molecule has 4 nitrogen and oxygen atoms in total. The Morgan fingerprint density at radius 2 is 0.620 bits per heavy atom. The van der Waals surface area contributed by atoms with Crippen LogP contribution in [0.4, 0.5) is 0 Å². The van der Waals surface area contributed by atoms with Crippen LogP contribution < -0.4 is 11.1 Å². The van der Waals surface area contributed by atoms with Gasteiger partial charge in [-0.2, -0.15) is 0 Å². The Balaban J connectivity index is 1.32. The van der Waals surface area contributed by atoms with E-state index in [1.165, 1.54) is 376 Å². The van der Waals surface area contributed by atoms with Crippen LogP contribution in [0.25, 0.3) is 50.1 Å². The molecule has 0 aliphatic rings. The maximum absolute atomic E-state index is 16.0. The van der Waals surface area contributed by atoms with Crippen molar-refractivity contribution in [3.63, 3.8) is 0 Å². The number of aryl methyl sites for hydroxylation is 6. The average Bonchev–Trinajstić information content (AvgIpc) is 1.08. The molecule has 8 heteroatoms. The summed E-state index contributed by atoms with van der Waals surface area (Å²) in [6, 6.07) is 18.7. The topological polar surface area (TPSA) is 44.0 Å². The molecule has 0 saturated heterocycles. The molecule has 6 aromatic rings. The molecule has 0 spiro atoms. The quantitative estimate of drug-likeness (QED) is 0.0282. The predicted molar refractivity (Wildman–Crippen MR) is 451 cm³/mol. The molecule has 0 aromatic carbocycles. The maximum atomic E-state index is 16.0. The fourth-order valence-electron chi connectivity index (χ4n) is 16.0. The van der Waals surface area contributed by atoms with Crippen LogP contribution in [0.1, 0.15) is 409 Å². The van der Waals surface area contributed by atoms with E-state index in [9.17, 15) is 0 Å². The fourth-order valence-corrected chi connectivity index (χ4v) is 22.7. The van der Waals surface area contributed by atoms with E-state index in [1.807, 2.05) is 22.7 Å². The Kier molecular flexibility index (Phi) is 46.9. The van der Waals surface area contributed by atoms with Gasteiger partial charge in [0.15, 0.2) is 0 Å². The Morgan fingerprint density at radius 3 is 0.990 bits per heavy atom. The molecule has 0 N–H and O–H groups in total. The zero-order valence-corrected chi connectivity index (χ0v) is 71.2. The van der Waals surface area contributed by atoms with Crippen molar-refractivity contribution in [2.75, 3.05) is 0 Å². The Labute approximate surface area is 635 Å². The van der Waals surface area contributed by atoms with Gasteiger partial charge in [-0.05, 0) is 0 Å². The Morgan fingerprint density at radius 1 is 0.320 bits per heavy atom. The zero-order valence-electron chi connectivity index (χ0n) is 66.1. The second-order valence-electron chi connectivity index (χ2n) is 31.3. The minimum absolute atomic E-state index is 0.0537. The normalized spacial score (nSPS) is 12.5. The minimum Gasteiger partial charge on any atom is -0.0654 e. The van der Waals surface area contributed by atoms with Gasteiger partial charge in [0, 0.05) is 0 Å². The fraction of sp³-hybridized carbons (Fsp3) is 0.739. The van der Waals surface area contributed by atoms with Gasteiger partial charge in [0.25, 0.3) is 0 Å². The van der Waals surface area contributed by atoms with Crippen molar-refractivity contribution < 1.29 is 0 Å². The summed E-state index contributed by atoms with van der Waals surface area (Å²) >= 11 is 4.05. The van der Waals surface area contributed by atoms with Crippen LogP contribution in [0.15, 0.2) is 58.1 Å². The summed E-state index contributed by atoms with van der Waals surface area (Å²) in [5.74, 6) is 1.53. The van der Waals surface area contributed by atoms with E-state index in [4.69, 9.17) is 0 Å². The number of thiophene rings is 2.